The van der Waals surface area contributed by atoms with Crippen molar-refractivity contribution in [2.45, 2.75) is 19.1 Å². The summed E-state index contributed by atoms with van der Waals surface area (Å²) in [6.07, 6.45) is -2.64. The number of aryl methyl sites for hydroxylation is 2. The van der Waals surface area contributed by atoms with Gasteiger partial charge in [0.2, 0.25) is 0 Å². The molecule has 6 nitrogen and oxygen atoms in total. The number of halogens is 3. The fraction of sp³-hybridized carbons (Fsp3) is 0.136. The lowest BCUT2D eigenvalue weighted by Crippen LogP contribution is -2.13. The Hall–Kier alpha value is -3.66. The zero-order chi connectivity index (χ0) is 22.7. The summed E-state index contributed by atoms with van der Waals surface area (Å²) in [5, 5.41) is 12.5. The van der Waals surface area contributed by atoms with E-state index in [9.17, 15) is 18.0 Å². The van der Waals surface area contributed by atoms with Crippen LogP contribution in [0.15, 0.2) is 66.2 Å². The van der Waals surface area contributed by atoms with Crippen LogP contribution in [0.5, 0.6) is 0 Å². The number of nitrogens with one attached hydrogen (secondary N) is 1. The number of hydrogen-bond acceptors (Lipinski definition) is 5. The van der Waals surface area contributed by atoms with E-state index >= 15 is 0 Å². The van der Waals surface area contributed by atoms with Crippen molar-refractivity contribution in [3.63, 3.8) is 0 Å². The summed E-state index contributed by atoms with van der Waals surface area (Å²) in [4.78, 5) is 13.6. The average Bonchev–Trinajstić information content (AvgIpc) is 3.46. The van der Waals surface area contributed by atoms with Gasteiger partial charge in [-0.1, -0.05) is 35.5 Å². The molecule has 0 saturated heterocycles. The third-order valence-corrected chi connectivity index (χ3v) is 5.68. The maximum absolute atomic E-state index is 12.9. The van der Waals surface area contributed by atoms with Gasteiger partial charge in [-0.3, -0.25) is 9.48 Å². The molecular formula is C22H18F3N5OS. The Kier molecular flexibility index (Phi) is 5.95. The molecule has 0 unspecified atom stereocenters. The first-order chi connectivity index (χ1) is 15.3. The van der Waals surface area contributed by atoms with E-state index < -0.39 is 17.6 Å². The van der Waals surface area contributed by atoms with Gasteiger partial charge < -0.3 is 11.1 Å². The molecule has 10 heteroatoms. The first-order valence-corrected chi connectivity index (χ1v) is 10.5. The highest BCUT2D eigenvalue weighted by Gasteiger charge is 2.30. The van der Waals surface area contributed by atoms with Crippen LogP contribution in [-0.2, 0) is 19.1 Å². The Morgan fingerprint density at radius 1 is 1.12 bits per heavy atom. The second-order valence-electron chi connectivity index (χ2n) is 7.05. The SMILES string of the molecule is Nc1ccc(-c2cccs2)cc1NC(=O)c1cn(CCc2cccc(C(F)(F)F)c2)nn1. The summed E-state index contributed by atoms with van der Waals surface area (Å²) in [6, 6.07) is 14.4. The summed E-state index contributed by atoms with van der Waals surface area (Å²) >= 11 is 1.57. The molecule has 0 aliphatic heterocycles. The van der Waals surface area contributed by atoms with Crippen molar-refractivity contribution in [2.24, 2.45) is 0 Å². The molecule has 2 aromatic heterocycles. The van der Waals surface area contributed by atoms with Crippen molar-refractivity contribution in [3.05, 3.63) is 83.0 Å². The van der Waals surface area contributed by atoms with E-state index in [0.29, 0.717) is 23.4 Å². The monoisotopic (exact) mass is 457 g/mol. The van der Waals surface area contributed by atoms with E-state index in [1.165, 1.54) is 16.9 Å². The maximum Gasteiger partial charge on any atom is 0.416 e. The van der Waals surface area contributed by atoms with Gasteiger partial charge in [-0.05, 0) is 47.2 Å². The van der Waals surface area contributed by atoms with Crippen molar-refractivity contribution in [1.29, 1.82) is 0 Å². The highest BCUT2D eigenvalue weighted by molar-refractivity contribution is 7.13. The first-order valence-electron chi connectivity index (χ1n) is 9.60. The summed E-state index contributed by atoms with van der Waals surface area (Å²) in [7, 11) is 0. The van der Waals surface area contributed by atoms with Gasteiger partial charge in [-0.2, -0.15) is 13.2 Å². The number of aromatic nitrogens is 3. The number of nitrogens with two attached hydrogens (primary N) is 1. The molecule has 1 amide bonds. The van der Waals surface area contributed by atoms with Crippen molar-refractivity contribution in [1.82, 2.24) is 15.0 Å². The van der Waals surface area contributed by atoms with Gasteiger partial charge in [0.25, 0.3) is 5.91 Å². The van der Waals surface area contributed by atoms with E-state index in [4.69, 9.17) is 5.73 Å². The van der Waals surface area contributed by atoms with Gasteiger partial charge >= 0.3 is 6.18 Å². The lowest BCUT2D eigenvalue weighted by atomic mass is 10.1. The van der Waals surface area contributed by atoms with Gasteiger partial charge in [0.15, 0.2) is 5.69 Å². The second kappa shape index (κ2) is 8.83. The number of amides is 1. The van der Waals surface area contributed by atoms with Crippen LogP contribution in [0.4, 0.5) is 24.5 Å². The van der Waals surface area contributed by atoms with Crippen molar-refractivity contribution >= 4 is 28.6 Å². The first kappa shape index (κ1) is 21.6. The van der Waals surface area contributed by atoms with Crippen molar-refractivity contribution in [3.8, 4) is 10.4 Å². The number of thiophene rings is 1. The Balaban J connectivity index is 1.42. The molecule has 3 N–H and O–H groups in total. The van der Waals surface area contributed by atoms with Gasteiger partial charge in [-0.25, -0.2) is 0 Å². The smallest absolute Gasteiger partial charge is 0.397 e. The van der Waals surface area contributed by atoms with Gasteiger partial charge in [0, 0.05) is 11.4 Å². The predicted molar refractivity (Wildman–Crippen MR) is 117 cm³/mol. The summed E-state index contributed by atoms with van der Waals surface area (Å²) in [5.74, 6) is -0.481. The highest BCUT2D eigenvalue weighted by atomic mass is 32.1. The lowest BCUT2D eigenvalue weighted by Gasteiger charge is -2.09. The van der Waals surface area contributed by atoms with Crippen LogP contribution >= 0.6 is 11.3 Å². The van der Waals surface area contributed by atoms with E-state index in [0.717, 1.165) is 22.6 Å². The number of carbonyl (C=O) groups is 1. The number of carbonyl (C=O) groups excluding carboxylic acids is 1. The molecule has 4 rings (SSSR count). The molecule has 0 atom stereocenters. The summed E-state index contributed by atoms with van der Waals surface area (Å²) in [5.41, 5.74) is 7.69. The van der Waals surface area contributed by atoms with E-state index in [-0.39, 0.29) is 12.2 Å². The number of anilines is 2. The van der Waals surface area contributed by atoms with Crippen LogP contribution in [0, 0.1) is 0 Å². The average molecular weight is 457 g/mol. The van der Waals surface area contributed by atoms with Crippen LogP contribution in [0.25, 0.3) is 10.4 Å². The summed E-state index contributed by atoms with van der Waals surface area (Å²) < 4.78 is 40.0. The number of rotatable bonds is 6. The molecule has 0 bridgehead atoms. The Morgan fingerprint density at radius 2 is 1.97 bits per heavy atom. The fourth-order valence-electron chi connectivity index (χ4n) is 3.11. The normalized spacial score (nSPS) is 11.5. The molecule has 0 fully saturated rings. The van der Waals surface area contributed by atoms with Gasteiger partial charge in [0.1, 0.15) is 0 Å². The number of alkyl halides is 3. The molecular weight excluding hydrogens is 439 g/mol. The van der Waals surface area contributed by atoms with E-state index in [1.54, 1.807) is 29.5 Å². The van der Waals surface area contributed by atoms with Gasteiger partial charge in [0.05, 0.1) is 23.1 Å². The minimum Gasteiger partial charge on any atom is -0.397 e. The topological polar surface area (TPSA) is 85.8 Å². The molecule has 2 aromatic carbocycles. The van der Waals surface area contributed by atoms with Crippen LogP contribution in [0.1, 0.15) is 21.6 Å². The van der Waals surface area contributed by atoms with Gasteiger partial charge in [-0.15, -0.1) is 16.4 Å². The predicted octanol–water partition coefficient (Wildman–Crippen LogP) is 5.10. The van der Waals surface area contributed by atoms with Crippen LogP contribution in [0.3, 0.4) is 0 Å². The van der Waals surface area contributed by atoms with Crippen LogP contribution in [-0.4, -0.2) is 20.9 Å². The number of benzene rings is 2. The Morgan fingerprint density at radius 3 is 2.72 bits per heavy atom. The molecule has 4 aromatic rings. The Labute approximate surface area is 185 Å². The third-order valence-electron chi connectivity index (χ3n) is 4.76. The number of nitrogen functional groups attached to an aromatic ring is 1. The minimum absolute atomic E-state index is 0.0787. The standard InChI is InChI=1S/C22H18F3N5OS/c23-22(24,25)16-4-1-3-14(11-16)8-9-30-13-19(28-29-30)21(31)27-18-12-15(6-7-17(18)26)20-5-2-10-32-20/h1-7,10-13H,8-9,26H2,(H,27,31). The zero-order valence-corrected chi connectivity index (χ0v) is 17.5. The molecule has 0 aliphatic rings. The van der Waals surface area contributed by atoms with Crippen LogP contribution in [0.2, 0.25) is 0 Å². The molecule has 0 aliphatic carbocycles. The Bertz CT molecular complexity index is 1230. The number of hydrogen-bond donors (Lipinski definition) is 2. The lowest BCUT2D eigenvalue weighted by molar-refractivity contribution is -0.137. The largest absolute Gasteiger partial charge is 0.416 e. The fourth-order valence-corrected chi connectivity index (χ4v) is 3.83. The third kappa shape index (κ3) is 4.97. The highest BCUT2D eigenvalue weighted by Crippen LogP contribution is 2.31. The molecule has 32 heavy (non-hydrogen) atoms. The van der Waals surface area contributed by atoms with Crippen LogP contribution < -0.4 is 11.1 Å². The van der Waals surface area contributed by atoms with Crippen molar-refractivity contribution < 1.29 is 18.0 Å². The molecule has 0 radical (unpaired) electrons. The molecule has 0 saturated carbocycles. The molecule has 164 valence electrons. The molecule has 0 spiro atoms. The zero-order valence-electron chi connectivity index (χ0n) is 16.6. The second-order valence-corrected chi connectivity index (χ2v) is 8.00. The van der Waals surface area contributed by atoms with E-state index in [2.05, 4.69) is 15.6 Å². The summed E-state index contributed by atoms with van der Waals surface area (Å²) in [6.45, 7) is 0.275. The maximum atomic E-state index is 12.9. The number of nitrogens with zero attached hydrogens (tertiary/aromatic N) is 3. The van der Waals surface area contributed by atoms with E-state index in [1.807, 2.05) is 23.6 Å². The minimum atomic E-state index is -4.39. The molecule has 2 heterocycles. The quantitative estimate of drug-likeness (QED) is 0.395. The van der Waals surface area contributed by atoms with Crippen molar-refractivity contribution in [2.75, 3.05) is 11.1 Å².